The Morgan fingerprint density at radius 3 is 2.65 bits per heavy atom. The predicted octanol–water partition coefficient (Wildman–Crippen LogP) is 4.26. The molecule has 20 heavy (non-hydrogen) atoms. The second-order valence-corrected chi connectivity index (χ2v) is 4.45. The average Bonchev–Trinajstić information content (AvgIpc) is 2.42. The molecule has 0 unspecified atom stereocenters. The standard InChI is InChI=1S/C16H17F2NO/c1-2-9-19-11-14-15(18)7-4-8-16(14)20-13-6-3-5-12(17)10-13/h3-8,10,19H,2,9,11H2,1H3. The zero-order chi connectivity index (χ0) is 14.4. The number of ether oxygens (including phenoxy) is 1. The van der Waals surface area contributed by atoms with Gasteiger partial charge in [-0.05, 0) is 37.2 Å². The van der Waals surface area contributed by atoms with Crippen LogP contribution in [0.2, 0.25) is 0 Å². The van der Waals surface area contributed by atoms with Crippen LogP contribution in [0.3, 0.4) is 0 Å². The molecule has 4 heteroatoms. The number of nitrogens with one attached hydrogen (secondary N) is 1. The third-order valence-corrected chi connectivity index (χ3v) is 2.83. The van der Waals surface area contributed by atoms with Crippen molar-refractivity contribution in [2.45, 2.75) is 19.9 Å². The molecule has 0 aliphatic carbocycles. The largest absolute Gasteiger partial charge is 0.457 e. The van der Waals surface area contributed by atoms with Gasteiger partial charge in [-0.3, -0.25) is 0 Å². The van der Waals surface area contributed by atoms with E-state index in [0.29, 0.717) is 23.6 Å². The van der Waals surface area contributed by atoms with E-state index in [0.717, 1.165) is 13.0 Å². The maximum absolute atomic E-state index is 13.9. The number of hydrogen-bond acceptors (Lipinski definition) is 2. The highest BCUT2D eigenvalue weighted by atomic mass is 19.1. The third-order valence-electron chi connectivity index (χ3n) is 2.83. The van der Waals surface area contributed by atoms with E-state index in [1.165, 1.54) is 18.2 Å². The van der Waals surface area contributed by atoms with Crippen LogP contribution in [0.25, 0.3) is 0 Å². The van der Waals surface area contributed by atoms with Gasteiger partial charge in [0.15, 0.2) is 0 Å². The molecule has 106 valence electrons. The average molecular weight is 277 g/mol. The maximum Gasteiger partial charge on any atom is 0.134 e. The molecule has 0 spiro atoms. The molecule has 0 heterocycles. The summed E-state index contributed by atoms with van der Waals surface area (Å²) in [7, 11) is 0. The van der Waals surface area contributed by atoms with Crippen LogP contribution in [0.5, 0.6) is 11.5 Å². The Kier molecular flexibility index (Phi) is 5.07. The van der Waals surface area contributed by atoms with Gasteiger partial charge in [0.1, 0.15) is 23.1 Å². The summed E-state index contributed by atoms with van der Waals surface area (Å²) >= 11 is 0. The van der Waals surface area contributed by atoms with Gasteiger partial charge in [0.25, 0.3) is 0 Å². The first-order valence-electron chi connectivity index (χ1n) is 6.62. The summed E-state index contributed by atoms with van der Waals surface area (Å²) in [4.78, 5) is 0. The molecule has 0 saturated heterocycles. The van der Waals surface area contributed by atoms with Gasteiger partial charge in [0, 0.05) is 18.2 Å². The van der Waals surface area contributed by atoms with E-state index >= 15 is 0 Å². The van der Waals surface area contributed by atoms with Crippen molar-refractivity contribution >= 4 is 0 Å². The van der Waals surface area contributed by atoms with Crippen molar-refractivity contribution in [3.05, 3.63) is 59.7 Å². The van der Waals surface area contributed by atoms with E-state index < -0.39 is 0 Å². The Morgan fingerprint density at radius 2 is 1.90 bits per heavy atom. The van der Waals surface area contributed by atoms with Crippen molar-refractivity contribution in [2.24, 2.45) is 0 Å². The van der Waals surface area contributed by atoms with Crippen molar-refractivity contribution < 1.29 is 13.5 Å². The van der Waals surface area contributed by atoms with Crippen LogP contribution in [0, 0.1) is 11.6 Å². The van der Waals surface area contributed by atoms with Gasteiger partial charge in [-0.25, -0.2) is 8.78 Å². The zero-order valence-corrected chi connectivity index (χ0v) is 11.3. The first kappa shape index (κ1) is 14.5. The van der Waals surface area contributed by atoms with E-state index in [1.54, 1.807) is 24.3 Å². The predicted molar refractivity (Wildman–Crippen MR) is 74.9 cm³/mol. The highest BCUT2D eigenvalue weighted by Gasteiger charge is 2.10. The molecule has 0 aliphatic heterocycles. The van der Waals surface area contributed by atoms with Crippen molar-refractivity contribution in [1.29, 1.82) is 0 Å². The molecular formula is C16H17F2NO. The van der Waals surface area contributed by atoms with Crippen LogP contribution in [0.1, 0.15) is 18.9 Å². The van der Waals surface area contributed by atoms with E-state index in [4.69, 9.17) is 4.74 Å². The van der Waals surface area contributed by atoms with Crippen molar-refractivity contribution in [1.82, 2.24) is 5.32 Å². The zero-order valence-electron chi connectivity index (χ0n) is 11.3. The van der Waals surface area contributed by atoms with Crippen molar-refractivity contribution in [2.75, 3.05) is 6.54 Å². The van der Waals surface area contributed by atoms with Crippen LogP contribution >= 0.6 is 0 Å². The molecule has 2 aromatic carbocycles. The molecule has 0 fully saturated rings. The summed E-state index contributed by atoms with van der Waals surface area (Å²) in [5.74, 6) is 0.0404. The second-order valence-electron chi connectivity index (χ2n) is 4.45. The Hall–Kier alpha value is -1.94. The number of halogens is 2. The maximum atomic E-state index is 13.9. The summed E-state index contributed by atoms with van der Waals surface area (Å²) in [6.07, 6.45) is 0.967. The van der Waals surface area contributed by atoms with Crippen molar-refractivity contribution in [3.8, 4) is 11.5 Å². The van der Waals surface area contributed by atoms with Crippen LogP contribution in [0.15, 0.2) is 42.5 Å². The first-order valence-corrected chi connectivity index (χ1v) is 6.62. The first-order chi connectivity index (χ1) is 9.70. The van der Waals surface area contributed by atoms with Crippen LogP contribution in [-0.2, 0) is 6.54 Å². The van der Waals surface area contributed by atoms with Crippen LogP contribution < -0.4 is 10.1 Å². The monoisotopic (exact) mass is 277 g/mol. The number of rotatable bonds is 6. The van der Waals surface area contributed by atoms with E-state index in [1.807, 2.05) is 6.92 Å². The SMILES string of the molecule is CCCNCc1c(F)cccc1Oc1cccc(F)c1. The number of hydrogen-bond donors (Lipinski definition) is 1. The normalized spacial score (nSPS) is 10.6. The molecule has 1 N–H and O–H groups in total. The highest BCUT2D eigenvalue weighted by molar-refractivity contribution is 5.38. The Bertz CT molecular complexity index is 572. The summed E-state index contributed by atoms with van der Waals surface area (Å²) in [6, 6.07) is 10.4. The minimum Gasteiger partial charge on any atom is -0.457 e. The second kappa shape index (κ2) is 7.01. The summed E-state index contributed by atoms with van der Waals surface area (Å²) in [5.41, 5.74) is 0.449. The fourth-order valence-corrected chi connectivity index (χ4v) is 1.85. The van der Waals surface area contributed by atoms with E-state index in [9.17, 15) is 8.78 Å². The summed E-state index contributed by atoms with van der Waals surface area (Å²) in [5, 5.41) is 3.14. The van der Waals surface area contributed by atoms with Gasteiger partial charge in [0.05, 0.1) is 0 Å². The molecule has 0 aromatic heterocycles. The molecule has 0 bridgehead atoms. The molecule has 0 saturated carbocycles. The van der Waals surface area contributed by atoms with Gasteiger partial charge in [0.2, 0.25) is 0 Å². The number of benzene rings is 2. The third kappa shape index (κ3) is 3.78. The van der Waals surface area contributed by atoms with E-state index in [-0.39, 0.29) is 11.6 Å². The minimum absolute atomic E-state index is 0.331. The van der Waals surface area contributed by atoms with Gasteiger partial charge in [-0.1, -0.05) is 19.1 Å². The Morgan fingerprint density at radius 1 is 1.10 bits per heavy atom. The van der Waals surface area contributed by atoms with Crippen molar-refractivity contribution in [3.63, 3.8) is 0 Å². The molecule has 2 aromatic rings. The lowest BCUT2D eigenvalue weighted by molar-refractivity contribution is 0.457. The highest BCUT2D eigenvalue weighted by Crippen LogP contribution is 2.27. The molecule has 2 nitrogen and oxygen atoms in total. The van der Waals surface area contributed by atoms with E-state index in [2.05, 4.69) is 5.32 Å². The van der Waals surface area contributed by atoms with Gasteiger partial charge >= 0.3 is 0 Å². The lowest BCUT2D eigenvalue weighted by atomic mass is 10.2. The van der Waals surface area contributed by atoms with Crippen LogP contribution in [0.4, 0.5) is 8.78 Å². The summed E-state index contributed by atoms with van der Waals surface area (Å²) in [6.45, 7) is 3.22. The van der Waals surface area contributed by atoms with Gasteiger partial charge in [-0.15, -0.1) is 0 Å². The summed E-state index contributed by atoms with van der Waals surface area (Å²) < 4.78 is 32.6. The van der Waals surface area contributed by atoms with Gasteiger partial charge in [-0.2, -0.15) is 0 Å². The molecule has 0 atom stereocenters. The molecular weight excluding hydrogens is 260 g/mol. The smallest absolute Gasteiger partial charge is 0.134 e. The lowest BCUT2D eigenvalue weighted by Gasteiger charge is -2.12. The molecule has 0 aliphatic rings. The fraction of sp³-hybridized carbons (Fsp3) is 0.250. The Balaban J connectivity index is 2.20. The molecule has 0 amide bonds. The minimum atomic E-state index is -0.385. The Labute approximate surface area is 117 Å². The molecule has 2 rings (SSSR count). The molecule has 0 radical (unpaired) electrons. The van der Waals surface area contributed by atoms with Gasteiger partial charge < -0.3 is 10.1 Å². The quantitative estimate of drug-likeness (QED) is 0.797. The van der Waals surface area contributed by atoms with Crippen LogP contribution in [-0.4, -0.2) is 6.54 Å². The fourth-order valence-electron chi connectivity index (χ4n) is 1.85. The topological polar surface area (TPSA) is 21.3 Å². The lowest BCUT2D eigenvalue weighted by Crippen LogP contribution is -2.15.